The van der Waals surface area contributed by atoms with Crippen LogP contribution in [0.5, 0.6) is 0 Å². The number of aliphatic imine (C=N–C) groups is 1. The second-order valence-corrected chi connectivity index (χ2v) is 6.47. The van der Waals surface area contributed by atoms with Crippen LogP contribution < -0.4 is 16.0 Å². The van der Waals surface area contributed by atoms with Crippen molar-refractivity contribution >= 4 is 23.2 Å². The predicted molar refractivity (Wildman–Crippen MR) is 95.9 cm³/mol. The molecule has 0 amide bonds. The van der Waals surface area contributed by atoms with Crippen LogP contribution >= 0.6 is 11.6 Å². The highest BCUT2D eigenvalue weighted by atomic mass is 35.5. The van der Waals surface area contributed by atoms with Crippen molar-refractivity contribution in [2.45, 2.75) is 33.1 Å². The Hall–Kier alpha value is -1.42. The third-order valence-electron chi connectivity index (χ3n) is 4.15. The van der Waals surface area contributed by atoms with Gasteiger partial charge in [0.25, 0.3) is 0 Å². The Kier molecular flexibility index (Phi) is 6.37. The van der Waals surface area contributed by atoms with Gasteiger partial charge in [0.1, 0.15) is 0 Å². The molecular weight excluding hydrogens is 296 g/mol. The van der Waals surface area contributed by atoms with Crippen LogP contribution in [0.1, 0.15) is 31.7 Å². The molecule has 0 radical (unpaired) electrons. The molecule has 1 atom stereocenters. The number of nitrogens with two attached hydrogens (primary N) is 1. The van der Waals surface area contributed by atoms with E-state index in [2.05, 4.69) is 41.2 Å². The lowest BCUT2D eigenvalue weighted by atomic mass is 10.1. The predicted octanol–water partition coefficient (Wildman–Crippen LogP) is 3.18. The summed E-state index contributed by atoms with van der Waals surface area (Å²) in [6, 6.07) is 6.09. The Morgan fingerprint density at radius 2 is 2.32 bits per heavy atom. The number of halogens is 1. The average Bonchev–Trinajstić information content (AvgIpc) is 2.97. The molecule has 5 heteroatoms. The highest BCUT2D eigenvalue weighted by molar-refractivity contribution is 6.30. The first-order chi connectivity index (χ1) is 10.6. The van der Waals surface area contributed by atoms with Crippen LogP contribution in [0.4, 0.5) is 5.69 Å². The van der Waals surface area contributed by atoms with Gasteiger partial charge >= 0.3 is 0 Å². The standard InChI is InChI=1S/C17H27ClN4/c1-3-4-8-20-17(19)21-11-14-7-9-22(12-14)16-10-15(18)6-5-13(16)2/h5-6,10,14H,3-4,7-9,11-12H2,1-2H3,(H3,19,20,21). The molecule has 1 heterocycles. The van der Waals surface area contributed by atoms with E-state index >= 15 is 0 Å². The Balaban J connectivity index is 1.85. The van der Waals surface area contributed by atoms with Crippen LogP contribution in [0.25, 0.3) is 0 Å². The van der Waals surface area contributed by atoms with Gasteiger partial charge in [0.15, 0.2) is 5.96 Å². The number of rotatable bonds is 6. The van der Waals surface area contributed by atoms with Gasteiger partial charge in [-0.05, 0) is 43.4 Å². The minimum atomic E-state index is 0.560. The zero-order valence-corrected chi connectivity index (χ0v) is 14.4. The van der Waals surface area contributed by atoms with Gasteiger partial charge in [0.2, 0.25) is 0 Å². The van der Waals surface area contributed by atoms with Crippen LogP contribution in [-0.2, 0) is 0 Å². The first kappa shape index (κ1) is 16.9. The molecule has 22 heavy (non-hydrogen) atoms. The molecular formula is C17H27ClN4. The third kappa shape index (κ3) is 4.80. The number of nitrogens with one attached hydrogen (secondary N) is 1. The van der Waals surface area contributed by atoms with Crippen molar-refractivity contribution in [2.24, 2.45) is 16.6 Å². The Bertz CT molecular complexity index is 515. The van der Waals surface area contributed by atoms with Crippen LogP contribution in [0.3, 0.4) is 0 Å². The van der Waals surface area contributed by atoms with E-state index in [9.17, 15) is 0 Å². The van der Waals surface area contributed by atoms with E-state index < -0.39 is 0 Å². The Labute approximate surface area is 138 Å². The lowest BCUT2D eigenvalue weighted by Gasteiger charge is -2.21. The molecule has 2 rings (SSSR count). The summed E-state index contributed by atoms with van der Waals surface area (Å²) in [6.07, 6.45) is 3.44. The molecule has 1 fully saturated rings. The van der Waals surface area contributed by atoms with E-state index in [0.717, 1.165) is 50.5 Å². The molecule has 0 saturated carbocycles. The molecule has 1 unspecified atom stereocenters. The Morgan fingerprint density at radius 1 is 1.50 bits per heavy atom. The molecule has 1 aliphatic heterocycles. The van der Waals surface area contributed by atoms with Crippen molar-refractivity contribution in [3.8, 4) is 0 Å². The number of hydrogen-bond donors (Lipinski definition) is 2. The number of unbranched alkanes of at least 4 members (excludes halogenated alkanes) is 1. The van der Waals surface area contributed by atoms with E-state index in [1.165, 1.54) is 11.3 Å². The van der Waals surface area contributed by atoms with Crippen molar-refractivity contribution < 1.29 is 0 Å². The largest absolute Gasteiger partial charge is 0.371 e. The van der Waals surface area contributed by atoms with E-state index in [1.807, 2.05) is 6.07 Å². The normalized spacial score (nSPS) is 18.8. The first-order valence-electron chi connectivity index (χ1n) is 8.15. The maximum atomic E-state index is 6.12. The molecule has 3 N–H and O–H groups in total. The van der Waals surface area contributed by atoms with Crippen molar-refractivity contribution in [1.82, 2.24) is 5.32 Å². The molecule has 1 saturated heterocycles. The molecule has 1 aromatic rings. The summed E-state index contributed by atoms with van der Waals surface area (Å²) in [5.41, 5.74) is 8.41. The summed E-state index contributed by atoms with van der Waals surface area (Å²) >= 11 is 6.12. The van der Waals surface area contributed by atoms with E-state index in [0.29, 0.717) is 11.9 Å². The second-order valence-electron chi connectivity index (χ2n) is 6.04. The molecule has 0 bridgehead atoms. The maximum absolute atomic E-state index is 6.12. The summed E-state index contributed by atoms with van der Waals surface area (Å²) < 4.78 is 0. The Morgan fingerprint density at radius 3 is 3.09 bits per heavy atom. The lowest BCUT2D eigenvalue weighted by molar-refractivity contribution is 0.601. The van der Waals surface area contributed by atoms with Crippen molar-refractivity contribution in [2.75, 3.05) is 31.1 Å². The quantitative estimate of drug-likeness (QED) is 0.480. The summed E-state index contributed by atoms with van der Waals surface area (Å²) in [4.78, 5) is 6.88. The number of aryl methyl sites for hydroxylation is 1. The number of hydrogen-bond acceptors (Lipinski definition) is 2. The lowest BCUT2D eigenvalue weighted by Crippen LogP contribution is -2.33. The van der Waals surface area contributed by atoms with Crippen LogP contribution in [0.2, 0.25) is 5.02 Å². The second kappa shape index (κ2) is 8.28. The van der Waals surface area contributed by atoms with E-state index in [1.54, 1.807) is 0 Å². The van der Waals surface area contributed by atoms with Crippen LogP contribution in [0, 0.1) is 12.8 Å². The molecule has 4 nitrogen and oxygen atoms in total. The van der Waals surface area contributed by atoms with Gasteiger partial charge in [-0.1, -0.05) is 31.0 Å². The highest BCUT2D eigenvalue weighted by Crippen LogP contribution is 2.29. The SMILES string of the molecule is CCCCNC(N)=NCC1CCN(c2cc(Cl)ccc2C)C1. The van der Waals surface area contributed by atoms with Crippen LogP contribution in [0.15, 0.2) is 23.2 Å². The summed E-state index contributed by atoms with van der Waals surface area (Å²) in [5, 5.41) is 3.96. The zero-order chi connectivity index (χ0) is 15.9. The fourth-order valence-corrected chi connectivity index (χ4v) is 2.97. The third-order valence-corrected chi connectivity index (χ3v) is 4.39. The molecule has 0 aromatic heterocycles. The molecule has 122 valence electrons. The van der Waals surface area contributed by atoms with Gasteiger partial charge in [-0.2, -0.15) is 0 Å². The fourth-order valence-electron chi connectivity index (χ4n) is 2.80. The highest BCUT2D eigenvalue weighted by Gasteiger charge is 2.23. The smallest absolute Gasteiger partial charge is 0.188 e. The van der Waals surface area contributed by atoms with Gasteiger partial charge in [-0.15, -0.1) is 0 Å². The summed E-state index contributed by atoms with van der Waals surface area (Å²) in [5.74, 6) is 1.13. The zero-order valence-electron chi connectivity index (χ0n) is 13.6. The topological polar surface area (TPSA) is 53.6 Å². The van der Waals surface area contributed by atoms with Crippen molar-refractivity contribution in [1.29, 1.82) is 0 Å². The summed E-state index contributed by atoms with van der Waals surface area (Å²) in [7, 11) is 0. The molecule has 0 aliphatic carbocycles. The van der Waals surface area contributed by atoms with Gasteiger partial charge in [0.05, 0.1) is 0 Å². The van der Waals surface area contributed by atoms with Gasteiger partial charge in [-0.25, -0.2) is 0 Å². The molecule has 0 spiro atoms. The van der Waals surface area contributed by atoms with E-state index in [4.69, 9.17) is 17.3 Å². The van der Waals surface area contributed by atoms with E-state index in [-0.39, 0.29) is 0 Å². The monoisotopic (exact) mass is 322 g/mol. The average molecular weight is 323 g/mol. The number of nitrogens with zero attached hydrogens (tertiary/aromatic N) is 2. The molecule has 1 aliphatic rings. The summed E-state index contributed by atoms with van der Waals surface area (Å²) in [6.45, 7) is 8.08. The van der Waals surface area contributed by atoms with Crippen molar-refractivity contribution in [3.63, 3.8) is 0 Å². The van der Waals surface area contributed by atoms with Gasteiger partial charge in [0, 0.05) is 36.9 Å². The minimum Gasteiger partial charge on any atom is -0.371 e. The van der Waals surface area contributed by atoms with Crippen LogP contribution in [-0.4, -0.2) is 32.1 Å². The number of anilines is 1. The first-order valence-corrected chi connectivity index (χ1v) is 8.52. The van der Waals surface area contributed by atoms with Gasteiger partial charge < -0.3 is 16.0 Å². The van der Waals surface area contributed by atoms with Gasteiger partial charge in [-0.3, -0.25) is 4.99 Å². The fraction of sp³-hybridized carbons (Fsp3) is 0.588. The number of guanidine groups is 1. The number of benzene rings is 1. The molecule has 1 aromatic carbocycles. The van der Waals surface area contributed by atoms with Crippen molar-refractivity contribution in [3.05, 3.63) is 28.8 Å². The maximum Gasteiger partial charge on any atom is 0.188 e. The minimum absolute atomic E-state index is 0.560.